The second-order valence-electron chi connectivity index (χ2n) is 10.1. The second-order valence-corrected chi connectivity index (χ2v) is 10.1. The lowest BCUT2D eigenvalue weighted by molar-refractivity contribution is -0.121. The van der Waals surface area contributed by atoms with Gasteiger partial charge in [0.25, 0.3) is 0 Å². The molecule has 4 rings (SSSR count). The molecule has 1 unspecified atom stereocenters. The molecule has 3 aromatic carbocycles. The number of carbonyl (C=O) groups excluding carboxylic acids is 2. The van der Waals surface area contributed by atoms with Gasteiger partial charge in [0.15, 0.2) is 0 Å². The zero-order valence-electron chi connectivity index (χ0n) is 20.9. The predicted molar refractivity (Wildman–Crippen MR) is 134 cm³/mol. The Morgan fingerprint density at radius 3 is 2.57 bits per heavy atom. The van der Waals surface area contributed by atoms with Crippen LogP contribution in [0.3, 0.4) is 0 Å². The van der Waals surface area contributed by atoms with E-state index in [2.05, 4.69) is 5.32 Å². The summed E-state index contributed by atoms with van der Waals surface area (Å²) in [7, 11) is 1.48. The molecule has 3 aromatic rings. The number of anilines is 1. The average molecular weight is 510 g/mol. The third-order valence-corrected chi connectivity index (χ3v) is 6.54. The van der Waals surface area contributed by atoms with Crippen LogP contribution in [0.5, 0.6) is 5.75 Å². The average Bonchev–Trinajstić information content (AvgIpc) is 3.18. The van der Waals surface area contributed by atoms with Gasteiger partial charge in [0.05, 0.1) is 24.7 Å². The molecule has 1 aliphatic rings. The highest BCUT2D eigenvalue weighted by Gasteiger charge is 2.39. The van der Waals surface area contributed by atoms with Crippen LogP contribution in [0.25, 0.3) is 0 Å². The zero-order valence-corrected chi connectivity index (χ0v) is 20.9. The summed E-state index contributed by atoms with van der Waals surface area (Å²) in [6, 6.07) is 14.8. The van der Waals surface area contributed by atoms with Crippen LogP contribution in [0.4, 0.5) is 14.5 Å². The van der Waals surface area contributed by atoms with Gasteiger partial charge in [0.1, 0.15) is 24.0 Å². The summed E-state index contributed by atoms with van der Waals surface area (Å²) in [5.74, 6) is -1.32. The second kappa shape index (κ2) is 10.3. The minimum atomic E-state index is -1.62. The molecule has 6 nitrogen and oxygen atoms in total. The number of carbonyl (C=O) groups is 2. The van der Waals surface area contributed by atoms with Gasteiger partial charge >= 0.3 is 5.97 Å². The molecule has 0 bridgehead atoms. The maximum atomic E-state index is 14.2. The summed E-state index contributed by atoms with van der Waals surface area (Å²) in [5.41, 5.74) is 0.196. The van der Waals surface area contributed by atoms with E-state index in [0.717, 1.165) is 0 Å². The van der Waals surface area contributed by atoms with E-state index in [0.29, 0.717) is 33.7 Å². The van der Waals surface area contributed by atoms with Gasteiger partial charge in [-0.1, -0.05) is 26.0 Å². The first kappa shape index (κ1) is 26.3. The smallest absolute Gasteiger partial charge is 0.338 e. The van der Waals surface area contributed by atoms with Crippen LogP contribution >= 0.6 is 0 Å². The molecule has 0 aromatic heterocycles. The van der Waals surface area contributed by atoms with Crippen LogP contribution in [-0.4, -0.2) is 29.7 Å². The van der Waals surface area contributed by atoms with E-state index >= 15 is 0 Å². The number of benzene rings is 3. The number of esters is 1. The fourth-order valence-electron chi connectivity index (χ4n) is 5.06. The number of cyclic esters (lactones) is 1. The van der Waals surface area contributed by atoms with Gasteiger partial charge < -0.3 is 19.9 Å². The van der Waals surface area contributed by atoms with Gasteiger partial charge in [-0.2, -0.15) is 0 Å². The maximum Gasteiger partial charge on any atom is 0.338 e. The number of hydrogen-bond acceptors (Lipinski definition) is 5. The normalized spacial score (nSPS) is 14.5. The van der Waals surface area contributed by atoms with Gasteiger partial charge in [0.2, 0.25) is 5.91 Å². The van der Waals surface area contributed by atoms with Crippen molar-refractivity contribution in [1.29, 1.82) is 0 Å². The van der Waals surface area contributed by atoms with Gasteiger partial charge in [0, 0.05) is 23.2 Å². The zero-order chi connectivity index (χ0) is 26.8. The fraction of sp³-hybridized carbons (Fsp3) is 0.310. The van der Waals surface area contributed by atoms with E-state index in [1.54, 1.807) is 30.3 Å². The molecule has 0 spiro atoms. The third-order valence-electron chi connectivity index (χ3n) is 6.54. The first-order valence-corrected chi connectivity index (χ1v) is 11.9. The van der Waals surface area contributed by atoms with E-state index in [4.69, 9.17) is 9.47 Å². The highest BCUT2D eigenvalue weighted by molar-refractivity contribution is 5.96. The Morgan fingerprint density at radius 2 is 1.84 bits per heavy atom. The lowest BCUT2D eigenvalue weighted by Gasteiger charge is -2.37. The van der Waals surface area contributed by atoms with Gasteiger partial charge in [-0.25, -0.2) is 13.6 Å². The minimum Gasteiger partial charge on any atom is -0.496 e. The van der Waals surface area contributed by atoms with Gasteiger partial charge in [-0.3, -0.25) is 4.79 Å². The number of ether oxygens (including phenoxy) is 2. The molecular formula is C29H29F2NO5. The van der Waals surface area contributed by atoms with Crippen molar-refractivity contribution >= 4 is 17.6 Å². The Kier molecular flexibility index (Phi) is 7.32. The molecule has 0 fully saturated rings. The predicted octanol–water partition coefficient (Wildman–Crippen LogP) is 5.31. The quantitative estimate of drug-likeness (QED) is 0.382. The van der Waals surface area contributed by atoms with Crippen molar-refractivity contribution < 1.29 is 33.0 Å². The molecular weight excluding hydrogens is 480 g/mol. The molecule has 0 aliphatic carbocycles. The molecule has 37 heavy (non-hydrogen) atoms. The van der Waals surface area contributed by atoms with Gasteiger partial charge in [-0.05, 0) is 65.9 Å². The van der Waals surface area contributed by atoms with E-state index in [1.807, 2.05) is 13.8 Å². The van der Waals surface area contributed by atoms with Crippen LogP contribution in [0.2, 0.25) is 0 Å². The van der Waals surface area contributed by atoms with Crippen molar-refractivity contribution in [3.05, 3.63) is 94.6 Å². The standard InChI is InChI=1S/C29H29F2NO5/c1-28(2,24-13-21(31)7-10-25(24)36-3)17-29(35,14-18-5-4-6-20(30)11-18)15-26(33)32-22-8-9-23-19(12-22)16-37-27(23)34/h4-13,35H,14-17H2,1-3H3,(H,32,33). The number of halogens is 2. The first-order valence-electron chi connectivity index (χ1n) is 11.9. The van der Waals surface area contributed by atoms with Crippen molar-refractivity contribution in [2.24, 2.45) is 0 Å². The lowest BCUT2D eigenvalue weighted by Crippen LogP contribution is -2.42. The SMILES string of the molecule is COc1ccc(F)cc1C(C)(C)CC(O)(CC(=O)Nc1ccc2c(c1)COC2=O)Cc1cccc(F)c1. The lowest BCUT2D eigenvalue weighted by atomic mass is 9.72. The molecule has 2 N–H and O–H groups in total. The topological polar surface area (TPSA) is 84.9 Å². The number of hydrogen-bond donors (Lipinski definition) is 2. The Labute approximate surface area is 214 Å². The maximum absolute atomic E-state index is 14.2. The van der Waals surface area contributed by atoms with E-state index in [1.165, 1.54) is 37.4 Å². The van der Waals surface area contributed by atoms with Crippen LogP contribution in [0.1, 0.15) is 53.7 Å². The molecule has 0 radical (unpaired) electrons. The van der Waals surface area contributed by atoms with Crippen molar-refractivity contribution in [3.63, 3.8) is 0 Å². The van der Waals surface area contributed by atoms with Crippen molar-refractivity contribution in [2.45, 2.75) is 50.7 Å². The highest BCUT2D eigenvalue weighted by atomic mass is 19.1. The molecule has 1 atom stereocenters. The molecule has 194 valence electrons. The fourth-order valence-corrected chi connectivity index (χ4v) is 5.06. The minimum absolute atomic E-state index is 0.00816. The third kappa shape index (κ3) is 6.14. The number of methoxy groups -OCH3 is 1. The van der Waals surface area contributed by atoms with Crippen LogP contribution in [0.15, 0.2) is 60.7 Å². The van der Waals surface area contributed by atoms with Crippen molar-refractivity contribution in [3.8, 4) is 5.75 Å². The number of amides is 1. The molecule has 0 saturated heterocycles. The van der Waals surface area contributed by atoms with E-state index in [9.17, 15) is 23.5 Å². The summed E-state index contributed by atoms with van der Waals surface area (Å²) >= 11 is 0. The Morgan fingerprint density at radius 1 is 1.08 bits per heavy atom. The van der Waals surface area contributed by atoms with Crippen LogP contribution in [-0.2, 0) is 28.0 Å². The summed E-state index contributed by atoms with van der Waals surface area (Å²) in [6.45, 7) is 3.79. The first-order chi connectivity index (χ1) is 17.5. The largest absolute Gasteiger partial charge is 0.496 e. The van der Waals surface area contributed by atoms with Crippen molar-refractivity contribution in [2.75, 3.05) is 12.4 Å². The van der Waals surface area contributed by atoms with Crippen molar-refractivity contribution in [1.82, 2.24) is 0 Å². The summed E-state index contributed by atoms with van der Waals surface area (Å²) in [6.07, 6.45) is -0.265. The summed E-state index contributed by atoms with van der Waals surface area (Å²) in [4.78, 5) is 24.8. The molecule has 1 amide bonds. The molecule has 8 heteroatoms. The van der Waals surface area contributed by atoms with E-state index in [-0.39, 0.29) is 25.9 Å². The van der Waals surface area contributed by atoms with Gasteiger partial charge in [-0.15, -0.1) is 0 Å². The number of aliphatic hydroxyl groups is 1. The number of fused-ring (bicyclic) bond motifs is 1. The Hall–Kier alpha value is -3.78. The summed E-state index contributed by atoms with van der Waals surface area (Å²) < 4.78 is 38.5. The Balaban J connectivity index is 1.61. The van der Waals surface area contributed by atoms with Crippen LogP contribution in [0, 0.1) is 11.6 Å². The molecule has 1 aliphatic heterocycles. The van der Waals surface area contributed by atoms with Crippen LogP contribution < -0.4 is 10.1 Å². The highest BCUT2D eigenvalue weighted by Crippen LogP contribution is 2.40. The van der Waals surface area contributed by atoms with E-state index < -0.39 is 34.5 Å². The number of rotatable bonds is 9. The molecule has 0 saturated carbocycles. The molecule has 1 heterocycles. The monoisotopic (exact) mass is 509 g/mol. The number of nitrogens with one attached hydrogen (secondary N) is 1. The Bertz CT molecular complexity index is 1340. The summed E-state index contributed by atoms with van der Waals surface area (Å²) in [5, 5.41) is 14.6.